The van der Waals surface area contributed by atoms with E-state index < -0.39 is 23.9 Å². The Hall–Kier alpha value is -2.08. The Morgan fingerprint density at radius 2 is 1.97 bits per heavy atom. The number of carbonyl (C=O) groups is 2. The molecule has 0 aromatic heterocycles. The molecule has 0 saturated carbocycles. The topological polar surface area (TPSA) is 156 Å². The third kappa shape index (κ3) is 7.71. The molecule has 2 amide bonds. The van der Waals surface area contributed by atoms with E-state index in [0.29, 0.717) is 19.4 Å². The molecule has 9 atom stereocenters. The zero-order valence-electron chi connectivity index (χ0n) is 21.6. The van der Waals surface area contributed by atoms with Crippen LogP contribution in [0.5, 0.6) is 0 Å². The van der Waals surface area contributed by atoms with E-state index in [1.807, 2.05) is 26.0 Å². The average Bonchev–Trinajstić information content (AvgIpc) is 3.60. The van der Waals surface area contributed by atoms with Gasteiger partial charge in [-0.15, -0.1) is 0 Å². The molecule has 0 aromatic rings. The minimum Gasteiger partial charge on any atom is -0.389 e. The fraction of sp³-hybridized carbons (Fsp3) is 0.692. The molecule has 1 spiro atoms. The molecule has 6 N–H and O–H groups in total. The number of aliphatic hydroxyl groups excluding tert-OH is 2. The summed E-state index contributed by atoms with van der Waals surface area (Å²) >= 11 is 0. The standard InChI is InChI=1S/C26H41N3O7/c1-15(6-9-22-25(33)26(14-34-26)13-19(36-22)12-24(32)29-27)5-8-21-16(2)11-20(18(4)35-21)28-23(31)10-7-17(3)30/h5-7,9-10,16-22,25,30,33H,8,11-14,27H2,1-4H3,(H,28,31)(H,29,32). The minimum atomic E-state index is -0.802. The van der Waals surface area contributed by atoms with Gasteiger partial charge in [-0.05, 0) is 39.5 Å². The molecule has 3 heterocycles. The third-order valence-corrected chi connectivity index (χ3v) is 7.15. The van der Waals surface area contributed by atoms with Crippen molar-refractivity contribution in [2.75, 3.05) is 6.61 Å². The Bertz CT molecular complexity index is 868. The first-order valence-corrected chi connectivity index (χ1v) is 12.7. The van der Waals surface area contributed by atoms with E-state index >= 15 is 0 Å². The molecule has 202 valence electrons. The van der Waals surface area contributed by atoms with Gasteiger partial charge < -0.3 is 29.7 Å². The molecule has 0 aromatic carbocycles. The number of nitrogens with one attached hydrogen (secondary N) is 2. The fourth-order valence-corrected chi connectivity index (χ4v) is 4.86. The molecule has 3 aliphatic rings. The number of ether oxygens (including phenoxy) is 3. The van der Waals surface area contributed by atoms with Crippen LogP contribution >= 0.6 is 0 Å². The number of rotatable bonds is 9. The maximum atomic E-state index is 12.1. The summed E-state index contributed by atoms with van der Waals surface area (Å²) in [6.07, 6.45) is 8.13. The van der Waals surface area contributed by atoms with Crippen molar-refractivity contribution in [3.8, 4) is 0 Å². The number of amides is 2. The number of epoxide rings is 1. The smallest absolute Gasteiger partial charge is 0.244 e. The number of hydrogen-bond acceptors (Lipinski definition) is 8. The van der Waals surface area contributed by atoms with Gasteiger partial charge >= 0.3 is 0 Å². The molecule has 3 aliphatic heterocycles. The summed E-state index contributed by atoms with van der Waals surface area (Å²) in [4.78, 5) is 23.8. The van der Waals surface area contributed by atoms with Crippen molar-refractivity contribution in [3.63, 3.8) is 0 Å². The summed E-state index contributed by atoms with van der Waals surface area (Å²) in [7, 11) is 0. The lowest BCUT2D eigenvalue weighted by molar-refractivity contribution is -0.145. The summed E-state index contributed by atoms with van der Waals surface area (Å²) in [6.45, 7) is 8.08. The zero-order valence-corrected chi connectivity index (χ0v) is 21.6. The summed E-state index contributed by atoms with van der Waals surface area (Å²) in [5, 5.41) is 23.0. The van der Waals surface area contributed by atoms with Crippen LogP contribution in [0, 0.1) is 5.92 Å². The second-order valence-corrected chi connectivity index (χ2v) is 10.3. The van der Waals surface area contributed by atoms with Crippen molar-refractivity contribution < 1.29 is 34.0 Å². The quantitative estimate of drug-likeness (QED) is 0.0766. The van der Waals surface area contributed by atoms with E-state index in [-0.39, 0.29) is 48.5 Å². The van der Waals surface area contributed by atoms with Gasteiger partial charge in [0.05, 0.1) is 43.5 Å². The normalized spacial score (nSPS) is 37.9. The van der Waals surface area contributed by atoms with Crippen LogP contribution in [0.25, 0.3) is 0 Å². The van der Waals surface area contributed by atoms with Crippen molar-refractivity contribution in [1.82, 2.24) is 10.7 Å². The van der Waals surface area contributed by atoms with Crippen molar-refractivity contribution in [3.05, 3.63) is 36.0 Å². The van der Waals surface area contributed by atoms with Crippen molar-refractivity contribution >= 4 is 11.8 Å². The molecule has 3 rings (SSSR count). The van der Waals surface area contributed by atoms with Gasteiger partial charge in [-0.25, -0.2) is 5.84 Å². The SMILES string of the molecule is CC(C=CC1OC(CC(=O)NN)CC2(CO2)C1O)=CCC1OC(C)C(NC(=O)C=CC(C)O)CC1C. The minimum absolute atomic E-state index is 0.0170. The Kier molecular flexibility index (Phi) is 9.85. The van der Waals surface area contributed by atoms with Crippen molar-refractivity contribution in [2.24, 2.45) is 11.8 Å². The average molecular weight is 508 g/mol. The number of allylic oxidation sites excluding steroid dienone is 2. The number of aliphatic hydroxyl groups is 2. The monoisotopic (exact) mass is 507 g/mol. The number of hydrazine groups is 1. The molecular formula is C26H41N3O7. The van der Waals surface area contributed by atoms with Gasteiger partial charge in [-0.3, -0.25) is 15.0 Å². The fourth-order valence-electron chi connectivity index (χ4n) is 4.86. The van der Waals surface area contributed by atoms with Crippen LogP contribution in [-0.4, -0.2) is 76.9 Å². The van der Waals surface area contributed by atoms with Gasteiger partial charge in [-0.2, -0.15) is 0 Å². The Labute approximate surface area is 212 Å². The largest absolute Gasteiger partial charge is 0.389 e. The van der Waals surface area contributed by atoms with Gasteiger partial charge in [0.1, 0.15) is 17.8 Å². The Morgan fingerprint density at radius 3 is 2.61 bits per heavy atom. The Morgan fingerprint density at radius 1 is 1.25 bits per heavy atom. The number of nitrogens with two attached hydrogens (primary N) is 1. The molecule has 3 fully saturated rings. The molecule has 10 nitrogen and oxygen atoms in total. The number of carbonyl (C=O) groups excluding carboxylic acids is 2. The molecule has 0 radical (unpaired) electrons. The van der Waals surface area contributed by atoms with E-state index in [4.69, 9.17) is 20.1 Å². The second-order valence-electron chi connectivity index (χ2n) is 10.3. The first-order chi connectivity index (χ1) is 17.0. The summed E-state index contributed by atoms with van der Waals surface area (Å²) in [5.74, 6) is 4.88. The summed E-state index contributed by atoms with van der Waals surface area (Å²) in [5.41, 5.74) is 2.47. The molecular weight excluding hydrogens is 466 g/mol. The maximum Gasteiger partial charge on any atom is 0.244 e. The van der Waals surface area contributed by atoms with E-state index in [0.717, 1.165) is 12.0 Å². The first-order valence-electron chi connectivity index (χ1n) is 12.7. The van der Waals surface area contributed by atoms with E-state index in [1.165, 1.54) is 12.2 Å². The second kappa shape index (κ2) is 12.4. The molecule has 0 bridgehead atoms. The van der Waals surface area contributed by atoms with Gasteiger partial charge in [-0.1, -0.05) is 36.8 Å². The molecule has 36 heavy (non-hydrogen) atoms. The van der Waals surface area contributed by atoms with E-state index in [1.54, 1.807) is 6.92 Å². The lowest BCUT2D eigenvalue weighted by Crippen LogP contribution is -2.51. The van der Waals surface area contributed by atoms with Crippen molar-refractivity contribution in [2.45, 2.75) is 102 Å². The first kappa shape index (κ1) is 28.5. The maximum absolute atomic E-state index is 12.1. The Balaban J connectivity index is 1.52. The van der Waals surface area contributed by atoms with Gasteiger partial charge in [0, 0.05) is 12.5 Å². The van der Waals surface area contributed by atoms with E-state index in [2.05, 4.69) is 23.7 Å². The van der Waals surface area contributed by atoms with Crippen LogP contribution in [0.15, 0.2) is 36.0 Å². The number of hydrogen-bond donors (Lipinski definition) is 5. The van der Waals surface area contributed by atoms with Crippen LogP contribution < -0.4 is 16.6 Å². The third-order valence-electron chi connectivity index (χ3n) is 7.15. The van der Waals surface area contributed by atoms with Gasteiger partial charge in [0.25, 0.3) is 0 Å². The zero-order chi connectivity index (χ0) is 26.5. The van der Waals surface area contributed by atoms with Crippen LogP contribution in [0.1, 0.15) is 53.4 Å². The lowest BCUT2D eigenvalue weighted by Gasteiger charge is -2.39. The molecule has 9 unspecified atom stereocenters. The van der Waals surface area contributed by atoms with Crippen LogP contribution in [0.4, 0.5) is 0 Å². The summed E-state index contributed by atoms with van der Waals surface area (Å²) in [6, 6.07) is -0.0939. The van der Waals surface area contributed by atoms with Crippen molar-refractivity contribution in [1.29, 1.82) is 0 Å². The van der Waals surface area contributed by atoms with E-state index in [9.17, 15) is 19.8 Å². The predicted octanol–water partition coefficient (Wildman–Crippen LogP) is 0.782. The molecule has 3 saturated heterocycles. The predicted molar refractivity (Wildman–Crippen MR) is 133 cm³/mol. The van der Waals surface area contributed by atoms with Crippen LogP contribution in [0.3, 0.4) is 0 Å². The van der Waals surface area contributed by atoms with Crippen LogP contribution in [-0.2, 0) is 23.8 Å². The molecule has 0 aliphatic carbocycles. The highest BCUT2D eigenvalue weighted by Crippen LogP contribution is 2.43. The van der Waals surface area contributed by atoms with Gasteiger partial charge in [0.2, 0.25) is 11.8 Å². The highest BCUT2D eigenvalue weighted by Gasteiger charge is 2.58. The van der Waals surface area contributed by atoms with Crippen LogP contribution in [0.2, 0.25) is 0 Å². The molecule has 10 heteroatoms. The van der Waals surface area contributed by atoms with Gasteiger partial charge in [0.15, 0.2) is 0 Å². The lowest BCUT2D eigenvalue weighted by atomic mass is 9.87. The highest BCUT2D eigenvalue weighted by molar-refractivity contribution is 5.87. The summed E-state index contributed by atoms with van der Waals surface area (Å²) < 4.78 is 17.7. The highest BCUT2D eigenvalue weighted by atomic mass is 16.6.